The van der Waals surface area contributed by atoms with Gasteiger partial charge in [-0.15, -0.1) is 11.3 Å². The van der Waals surface area contributed by atoms with Gasteiger partial charge in [0.1, 0.15) is 0 Å². The molecule has 80 valence electrons. The lowest BCUT2D eigenvalue weighted by molar-refractivity contribution is 0.134. The Morgan fingerprint density at radius 3 is 3.00 bits per heavy atom. The molecule has 4 heteroatoms. The molecule has 0 saturated heterocycles. The number of hydrogen-bond acceptors (Lipinski definition) is 4. The van der Waals surface area contributed by atoms with Crippen molar-refractivity contribution in [2.45, 2.75) is 26.7 Å². The minimum absolute atomic E-state index is 0.838. The fourth-order valence-electron chi connectivity index (χ4n) is 1.05. The molecule has 0 radical (unpaired) electrons. The molecule has 0 unspecified atom stereocenters. The first-order chi connectivity index (χ1) is 6.83. The molecule has 0 atom stereocenters. The number of hydrogen-bond donors (Lipinski definition) is 1. The molecule has 0 aliphatic heterocycles. The summed E-state index contributed by atoms with van der Waals surface area (Å²) in [6.07, 6.45) is 2.14. The largest absolute Gasteiger partial charge is 0.381 e. The maximum atomic E-state index is 5.37. The molecule has 0 aliphatic carbocycles. The van der Waals surface area contributed by atoms with Gasteiger partial charge in [0, 0.05) is 25.1 Å². The zero-order valence-electron chi connectivity index (χ0n) is 8.88. The van der Waals surface area contributed by atoms with E-state index >= 15 is 0 Å². The van der Waals surface area contributed by atoms with Gasteiger partial charge in [-0.05, 0) is 19.8 Å². The number of nitrogens with zero attached hydrogens (tertiary/aromatic N) is 1. The number of thiazole rings is 1. The third kappa shape index (κ3) is 4.58. The van der Waals surface area contributed by atoms with Crippen molar-refractivity contribution in [3.05, 3.63) is 11.1 Å². The van der Waals surface area contributed by atoms with Crippen LogP contribution in [0.3, 0.4) is 0 Å². The fraction of sp³-hybridized carbons (Fsp3) is 0.700. The molecule has 0 amide bonds. The predicted octanol–water partition coefficient (Wildman–Crippen LogP) is 2.68. The van der Waals surface area contributed by atoms with E-state index in [0.29, 0.717) is 0 Å². The van der Waals surface area contributed by atoms with Gasteiger partial charge >= 0.3 is 0 Å². The Morgan fingerprint density at radius 1 is 1.50 bits per heavy atom. The van der Waals surface area contributed by atoms with E-state index in [4.69, 9.17) is 4.74 Å². The van der Waals surface area contributed by atoms with Crippen LogP contribution in [0.25, 0.3) is 0 Å². The van der Waals surface area contributed by atoms with Crippen molar-refractivity contribution < 1.29 is 4.74 Å². The van der Waals surface area contributed by atoms with Gasteiger partial charge < -0.3 is 10.1 Å². The minimum Gasteiger partial charge on any atom is -0.381 e. The highest BCUT2D eigenvalue weighted by atomic mass is 32.1. The van der Waals surface area contributed by atoms with Gasteiger partial charge in [0.2, 0.25) is 0 Å². The number of anilines is 1. The number of aryl methyl sites for hydroxylation is 1. The molecule has 1 N–H and O–H groups in total. The molecule has 1 rings (SSSR count). The Balaban J connectivity index is 1.99. The van der Waals surface area contributed by atoms with Gasteiger partial charge in [-0.1, -0.05) is 6.92 Å². The van der Waals surface area contributed by atoms with Gasteiger partial charge in [0.15, 0.2) is 5.13 Å². The van der Waals surface area contributed by atoms with Crippen molar-refractivity contribution in [2.24, 2.45) is 0 Å². The summed E-state index contributed by atoms with van der Waals surface area (Å²) in [7, 11) is 0. The lowest BCUT2D eigenvalue weighted by atomic mass is 10.4. The maximum absolute atomic E-state index is 5.37. The number of nitrogens with one attached hydrogen (secondary N) is 1. The summed E-state index contributed by atoms with van der Waals surface area (Å²) in [6, 6.07) is 0. The molecule has 3 nitrogen and oxygen atoms in total. The predicted molar refractivity (Wildman–Crippen MR) is 61.1 cm³/mol. The van der Waals surface area contributed by atoms with Crippen molar-refractivity contribution in [2.75, 3.05) is 25.1 Å². The highest BCUT2D eigenvalue weighted by Crippen LogP contribution is 2.13. The van der Waals surface area contributed by atoms with Crippen molar-refractivity contribution in [3.63, 3.8) is 0 Å². The summed E-state index contributed by atoms with van der Waals surface area (Å²) in [5, 5.41) is 6.33. The molecule has 0 saturated carbocycles. The van der Waals surface area contributed by atoms with Gasteiger partial charge in [-0.2, -0.15) is 0 Å². The van der Waals surface area contributed by atoms with Crippen molar-refractivity contribution in [1.82, 2.24) is 4.98 Å². The van der Waals surface area contributed by atoms with Crippen LogP contribution in [-0.2, 0) is 4.74 Å². The first-order valence-corrected chi connectivity index (χ1v) is 5.94. The zero-order chi connectivity index (χ0) is 10.2. The van der Waals surface area contributed by atoms with Gasteiger partial charge in [-0.3, -0.25) is 0 Å². The lowest BCUT2D eigenvalue weighted by Crippen LogP contribution is -2.05. The molecule has 1 aromatic heterocycles. The van der Waals surface area contributed by atoms with E-state index in [1.54, 1.807) is 11.3 Å². The minimum atomic E-state index is 0.838. The molecule has 0 fully saturated rings. The van der Waals surface area contributed by atoms with E-state index in [9.17, 15) is 0 Å². The highest BCUT2D eigenvalue weighted by Gasteiger charge is 1.96. The molecule has 0 spiro atoms. The quantitative estimate of drug-likeness (QED) is 0.709. The Bertz CT molecular complexity index is 250. The van der Waals surface area contributed by atoms with Gasteiger partial charge in [0.25, 0.3) is 0 Å². The Kier molecular flexibility index (Phi) is 5.56. The maximum Gasteiger partial charge on any atom is 0.182 e. The normalized spacial score (nSPS) is 10.4. The zero-order valence-corrected chi connectivity index (χ0v) is 9.69. The van der Waals surface area contributed by atoms with Gasteiger partial charge in [0.05, 0.1) is 5.69 Å². The van der Waals surface area contributed by atoms with Crippen LogP contribution in [-0.4, -0.2) is 24.7 Å². The van der Waals surface area contributed by atoms with Crippen LogP contribution in [0.4, 0.5) is 5.13 Å². The van der Waals surface area contributed by atoms with Crippen LogP contribution in [0, 0.1) is 6.92 Å². The van der Waals surface area contributed by atoms with Crippen LogP contribution in [0.2, 0.25) is 0 Å². The van der Waals surface area contributed by atoms with Crippen LogP contribution >= 0.6 is 11.3 Å². The molecule has 14 heavy (non-hydrogen) atoms. The summed E-state index contributed by atoms with van der Waals surface area (Å²) >= 11 is 1.65. The third-order valence-corrected chi connectivity index (χ3v) is 2.63. The second-order valence-corrected chi connectivity index (χ2v) is 4.04. The van der Waals surface area contributed by atoms with Crippen molar-refractivity contribution >= 4 is 16.5 Å². The Labute approximate surface area is 89.5 Å². The highest BCUT2D eigenvalue weighted by molar-refractivity contribution is 7.13. The Morgan fingerprint density at radius 2 is 2.36 bits per heavy atom. The molecule has 0 aromatic carbocycles. The summed E-state index contributed by atoms with van der Waals surface area (Å²) in [6.45, 7) is 6.78. The average Bonchev–Trinajstić information content (AvgIpc) is 2.58. The van der Waals surface area contributed by atoms with Crippen molar-refractivity contribution in [1.29, 1.82) is 0 Å². The number of aromatic nitrogens is 1. The standard InChI is InChI=1S/C10H18N2OS/c1-3-6-13-7-4-5-11-10-12-9(2)8-14-10/h8H,3-7H2,1-2H3,(H,11,12). The monoisotopic (exact) mass is 214 g/mol. The van der Waals surface area contributed by atoms with E-state index in [0.717, 1.165) is 43.4 Å². The average molecular weight is 214 g/mol. The van der Waals surface area contributed by atoms with Gasteiger partial charge in [-0.25, -0.2) is 4.98 Å². The molecular formula is C10H18N2OS. The van der Waals surface area contributed by atoms with E-state index in [1.807, 2.05) is 6.92 Å². The summed E-state index contributed by atoms with van der Waals surface area (Å²) < 4.78 is 5.37. The van der Waals surface area contributed by atoms with E-state index in [2.05, 4.69) is 22.6 Å². The van der Waals surface area contributed by atoms with E-state index < -0.39 is 0 Å². The molecule has 0 bridgehead atoms. The Hall–Kier alpha value is -0.610. The SMILES string of the molecule is CCCOCCCNc1nc(C)cs1. The molecular weight excluding hydrogens is 196 g/mol. The van der Waals surface area contributed by atoms with Crippen LogP contribution in [0.1, 0.15) is 25.5 Å². The van der Waals surface area contributed by atoms with Crippen LogP contribution in [0.15, 0.2) is 5.38 Å². The number of ether oxygens (including phenoxy) is 1. The topological polar surface area (TPSA) is 34.1 Å². The third-order valence-electron chi connectivity index (χ3n) is 1.71. The van der Waals surface area contributed by atoms with Crippen LogP contribution < -0.4 is 5.32 Å². The summed E-state index contributed by atoms with van der Waals surface area (Å²) in [4.78, 5) is 4.31. The molecule has 1 aromatic rings. The first kappa shape index (κ1) is 11.5. The molecule has 1 heterocycles. The number of rotatable bonds is 7. The lowest BCUT2D eigenvalue weighted by Gasteiger charge is -2.03. The fourth-order valence-corrected chi connectivity index (χ4v) is 1.77. The second-order valence-electron chi connectivity index (χ2n) is 3.19. The van der Waals surface area contributed by atoms with E-state index in [-0.39, 0.29) is 0 Å². The first-order valence-electron chi connectivity index (χ1n) is 5.06. The van der Waals surface area contributed by atoms with E-state index in [1.165, 1.54) is 0 Å². The summed E-state index contributed by atoms with van der Waals surface area (Å²) in [5.41, 5.74) is 1.08. The smallest absolute Gasteiger partial charge is 0.182 e. The van der Waals surface area contributed by atoms with Crippen LogP contribution in [0.5, 0.6) is 0 Å². The van der Waals surface area contributed by atoms with Crippen molar-refractivity contribution in [3.8, 4) is 0 Å². The second kappa shape index (κ2) is 6.79. The summed E-state index contributed by atoms with van der Waals surface area (Å²) in [5.74, 6) is 0. The molecule has 0 aliphatic rings.